The molecule has 0 saturated carbocycles. The minimum absolute atomic E-state index is 0.0827. The Bertz CT molecular complexity index is 1580. The fourth-order valence-corrected chi connectivity index (χ4v) is 9.44. The molecule has 0 aliphatic carbocycles. The van der Waals surface area contributed by atoms with E-state index in [2.05, 4.69) is 22.0 Å². The number of anilines is 1. The average Bonchev–Trinajstić information content (AvgIpc) is 2.92. The maximum Gasteiger partial charge on any atom is 0.324 e. The van der Waals surface area contributed by atoms with E-state index in [1.165, 1.54) is 18.2 Å². The van der Waals surface area contributed by atoms with Crippen molar-refractivity contribution in [1.82, 2.24) is 14.2 Å². The van der Waals surface area contributed by atoms with Crippen LogP contribution in [-0.2, 0) is 22.7 Å². The van der Waals surface area contributed by atoms with Crippen molar-refractivity contribution in [3.63, 3.8) is 0 Å². The quantitative estimate of drug-likeness (QED) is 0.445. The molecule has 38 heavy (non-hydrogen) atoms. The first-order valence-electron chi connectivity index (χ1n) is 12.8. The summed E-state index contributed by atoms with van der Waals surface area (Å²) in [4.78, 5) is 21.8. The van der Waals surface area contributed by atoms with E-state index in [0.717, 1.165) is 26.6 Å². The van der Waals surface area contributed by atoms with Crippen LogP contribution in [0.1, 0.15) is 24.1 Å². The van der Waals surface area contributed by atoms with E-state index in [1.807, 2.05) is 25.1 Å². The maximum atomic E-state index is 13.4. The van der Waals surface area contributed by atoms with Crippen LogP contribution in [0.25, 0.3) is 10.9 Å². The number of benzene rings is 2. The molecule has 0 spiro atoms. The van der Waals surface area contributed by atoms with Gasteiger partial charge in [0.15, 0.2) is 0 Å². The Kier molecular flexibility index (Phi) is 7.19. The Labute approximate surface area is 223 Å². The summed E-state index contributed by atoms with van der Waals surface area (Å²) in [6.07, 6.45) is 0.963. The average molecular weight is 557 g/mol. The second-order valence-corrected chi connectivity index (χ2v) is 15.4. The molecular weight excluding hydrogens is 524 g/mol. The van der Waals surface area contributed by atoms with Gasteiger partial charge in [-0.3, -0.25) is 9.78 Å². The smallest absolute Gasteiger partial charge is 0.324 e. The summed E-state index contributed by atoms with van der Waals surface area (Å²) in [5.74, 6) is -0.685. The largest absolute Gasteiger partial charge is 0.367 e. The predicted molar refractivity (Wildman–Crippen MR) is 147 cm³/mol. The monoisotopic (exact) mass is 556 g/mol. The van der Waals surface area contributed by atoms with Gasteiger partial charge in [0.25, 0.3) is 8.87 Å². The minimum Gasteiger partial charge on any atom is -0.367 e. The van der Waals surface area contributed by atoms with E-state index in [1.54, 1.807) is 17.9 Å². The van der Waals surface area contributed by atoms with Gasteiger partial charge in [-0.15, -0.1) is 0 Å². The summed E-state index contributed by atoms with van der Waals surface area (Å²) in [7, 11) is -9.31. The van der Waals surface area contributed by atoms with Crippen molar-refractivity contribution in [2.45, 2.75) is 31.6 Å². The third-order valence-electron chi connectivity index (χ3n) is 7.36. The molecule has 202 valence electrons. The molecule has 0 N–H and O–H groups in total. The highest BCUT2D eigenvalue weighted by molar-refractivity contribution is 8.66. The lowest BCUT2D eigenvalue weighted by Gasteiger charge is -2.39. The highest BCUT2D eigenvalue weighted by Crippen LogP contribution is 2.30. The zero-order valence-corrected chi connectivity index (χ0v) is 23.2. The number of aryl methyl sites for hydroxylation is 2. The number of carbonyl (C=O) groups excluding carboxylic acids is 1. The number of carbonyl (C=O) groups is 1. The predicted octanol–water partition coefficient (Wildman–Crippen LogP) is 2.93. The lowest BCUT2D eigenvalue weighted by atomic mass is 9.97. The van der Waals surface area contributed by atoms with Gasteiger partial charge in [0.1, 0.15) is 0 Å². The Hall–Kier alpha value is -3.02. The van der Waals surface area contributed by atoms with Crippen LogP contribution in [0, 0.1) is 19.8 Å². The van der Waals surface area contributed by atoms with E-state index in [0.29, 0.717) is 44.6 Å². The molecule has 0 bridgehead atoms. The third-order valence-corrected chi connectivity index (χ3v) is 12.6. The summed E-state index contributed by atoms with van der Waals surface area (Å²) < 4.78 is 53.4. The van der Waals surface area contributed by atoms with Gasteiger partial charge in [-0.1, -0.05) is 30.3 Å². The fourth-order valence-electron chi connectivity index (χ4n) is 5.35. The van der Waals surface area contributed by atoms with Crippen molar-refractivity contribution in [2.75, 3.05) is 44.2 Å². The highest BCUT2D eigenvalue weighted by Gasteiger charge is 2.42. The molecule has 3 heterocycles. The van der Waals surface area contributed by atoms with Gasteiger partial charge >= 0.3 is 9.06 Å². The second-order valence-electron chi connectivity index (χ2n) is 10.0. The standard InChI is InChI=1S/C27H32N4O5S2/c1-20-7-5-9-23(17-20)37(33,34)38(35,36)31-12-6-8-22(19-31)27(32)30-15-13-29(14-16-30)26-18-21(2)28-25-11-4-3-10-24(25)26/h3-5,7,9-11,17-18,22H,6,8,12-16,19H2,1-2H3. The van der Waals surface area contributed by atoms with Gasteiger partial charge in [0, 0.05) is 56.0 Å². The van der Waals surface area contributed by atoms with Crippen LogP contribution in [-0.4, -0.2) is 76.2 Å². The number of nitrogens with zero attached hydrogens (tertiary/aromatic N) is 4. The Balaban J connectivity index is 1.27. The lowest BCUT2D eigenvalue weighted by molar-refractivity contribution is -0.137. The number of aromatic nitrogens is 1. The van der Waals surface area contributed by atoms with Gasteiger partial charge in [-0.05, 0) is 56.5 Å². The molecule has 5 rings (SSSR count). The molecule has 2 aliphatic heterocycles. The zero-order valence-electron chi connectivity index (χ0n) is 21.6. The molecule has 2 aliphatic rings. The third kappa shape index (κ3) is 4.90. The van der Waals surface area contributed by atoms with Crippen molar-refractivity contribution < 1.29 is 21.6 Å². The van der Waals surface area contributed by atoms with Crippen molar-refractivity contribution in [3.8, 4) is 0 Å². The first-order valence-corrected chi connectivity index (χ1v) is 16.2. The zero-order chi connectivity index (χ0) is 27.1. The molecule has 11 heteroatoms. The van der Waals surface area contributed by atoms with Crippen molar-refractivity contribution in [2.24, 2.45) is 5.92 Å². The molecule has 2 saturated heterocycles. The summed E-state index contributed by atoms with van der Waals surface area (Å²) in [5.41, 5.74) is 3.62. The van der Waals surface area contributed by atoms with Crippen molar-refractivity contribution >= 4 is 40.4 Å². The van der Waals surface area contributed by atoms with Gasteiger partial charge in [0.05, 0.1) is 16.3 Å². The number of pyridine rings is 1. The molecule has 3 aromatic rings. The minimum atomic E-state index is -4.68. The Morgan fingerprint density at radius 1 is 0.895 bits per heavy atom. The first-order chi connectivity index (χ1) is 18.1. The van der Waals surface area contributed by atoms with Crippen molar-refractivity contribution in [3.05, 3.63) is 65.9 Å². The molecule has 1 amide bonds. The van der Waals surface area contributed by atoms with Gasteiger partial charge in [-0.25, -0.2) is 8.42 Å². The number of piperidine rings is 1. The lowest BCUT2D eigenvalue weighted by Crippen LogP contribution is -2.53. The summed E-state index contributed by atoms with van der Waals surface area (Å²) in [6.45, 7) is 5.96. The second kappa shape index (κ2) is 10.3. The number of hydrogen-bond donors (Lipinski definition) is 0. The molecule has 1 aromatic heterocycles. The van der Waals surface area contributed by atoms with Gasteiger partial charge < -0.3 is 9.80 Å². The first kappa shape index (κ1) is 26.6. The molecule has 2 aromatic carbocycles. The van der Waals surface area contributed by atoms with Crippen LogP contribution >= 0.6 is 0 Å². The van der Waals surface area contributed by atoms with Gasteiger partial charge in [-0.2, -0.15) is 12.7 Å². The molecular formula is C27H32N4O5S2. The maximum absolute atomic E-state index is 13.4. The highest BCUT2D eigenvalue weighted by atomic mass is 33.2. The van der Waals surface area contributed by atoms with Crippen LogP contribution in [0.5, 0.6) is 0 Å². The van der Waals surface area contributed by atoms with E-state index in [-0.39, 0.29) is 23.9 Å². The number of hydrogen-bond acceptors (Lipinski definition) is 7. The van der Waals surface area contributed by atoms with Crippen LogP contribution in [0.3, 0.4) is 0 Å². The van der Waals surface area contributed by atoms with Crippen LogP contribution in [0.15, 0.2) is 59.5 Å². The fraction of sp³-hybridized carbons (Fsp3) is 0.407. The molecule has 9 nitrogen and oxygen atoms in total. The molecule has 1 atom stereocenters. The number of para-hydroxylation sites is 1. The number of amides is 1. The number of rotatable bonds is 5. The normalized spacial score (nSPS) is 19.6. The SMILES string of the molecule is Cc1cccc(S(=O)(=O)S(=O)(=O)N2CCCC(C(=O)N3CCN(c4cc(C)nc5ccccc45)CC3)C2)c1. The summed E-state index contributed by atoms with van der Waals surface area (Å²) in [6, 6.07) is 15.9. The topological polar surface area (TPSA) is 108 Å². The van der Waals surface area contributed by atoms with E-state index in [4.69, 9.17) is 0 Å². The van der Waals surface area contributed by atoms with Crippen LogP contribution in [0.2, 0.25) is 0 Å². The molecule has 0 radical (unpaired) electrons. The van der Waals surface area contributed by atoms with E-state index < -0.39 is 23.8 Å². The van der Waals surface area contributed by atoms with E-state index in [9.17, 15) is 21.6 Å². The number of fused-ring (bicyclic) bond motifs is 1. The number of piperazine rings is 1. The summed E-state index contributed by atoms with van der Waals surface area (Å²) >= 11 is 0. The van der Waals surface area contributed by atoms with E-state index >= 15 is 0 Å². The van der Waals surface area contributed by atoms with Crippen LogP contribution < -0.4 is 4.90 Å². The summed E-state index contributed by atoms with van der Waals surface area (Å²) in [5, 5.41) is 1.07. The Morgan fingerprint density at radius 3 is 2.37 bits per heavy atom. The van der Waals surface area contributed by atoms with Crippen molar-refractivity contribution in [1.29, 1.82) is 0 Å². The Morgan fingerprint density at radius 2 is 1.63 bits per heavy atom. The molecule has 2 fully saturated rings. The van der Waals surface area contributed by atoms with Crippen LogP contribution in [0.4, 0.5) is 5.69 Å². The van der Waals surface area contributed by atoms with Gasteiger partial charge in [0.2, 0.25) is 5.91 Å². The molecule has 1 unspecified atom stereocenters.